The van der Waals surface area contributed by atoms with Crippen molar-refractivity contribution in [3.8, 4) is 0 Å². The van der Waals surface area contributed by atoms with E-state index in [-0.39, 0.29) is 18.0 Å². The fraction of sp³-hybridized carbons (Fsp3) is 0.308. The zero-order chi connectivity index (χ0) is 10.4. The Labute approximate surface area is 88.6 Å². The van der Waals surface area contributed by atoms with Crippen molar-refractivity contribution in [2.24, 2.45) is 0 Å². The number of allylic oxidation sites excluding steroid dienone is 1. The van der Waals surface area contributed by atoms with E-state index in [4.69, 9.17) is 4.74 Å². The highest BCUT2D eigenvalue weighted by Crippen LogP contribution is 2.44. The third-order valence-electron chi connectivity index (χ3n) is 3.32. The highest BCUT2D eigenvalue weighted by molar-refractivity contribution is 5.93. The van der Waals surface area contributed by atoms with Crippen LogP contribution in [0, 0.1) is 0 Å². The summed E-state index contributed by atoms with van der Waals surface area (Å²) in [7, 11) is 0. The second kappa shape index (κ2) is 2.96. The minimum absolute atomic E-state index is 0.0427. The Hall–Kier alpha value is -1.57. The van der Waals surface area contributed by atoms with Crippen LogP contribution in [0.15, 0.2) is 35.9 Å². The molecule has 0 radical (unpaired) electrons. The summed E-state index contributed by atoms with van der Waals surface area (Å²) in [6, 6.07) is 8.29. The summed E-state index contributed by atoms with van der Waals surface area (Å²) >= 11 is 0. The summed E-state index contributed by atoms with van der Waals surface area (Å²) in [5.41, 5.74) is 3.41. The van der Waals surface area contributed by atoms with Crippen molar-refractivity contribution in [2.45, 2.75) is 25.4 Å². The van der Waals surface area contributed by atoms with Crippen molar-refractivity contribution < 1.29 is 9.53 Å². The van der Waals surface area contributed by atoms with E-state index in [0.717, 1.165) is 12.0 Å². The zero-order valence-corrected chi connectivity index (χ0v) is 8.57. The summed E-state index contributed by atoms with van der Waals surface area (Å²) in [6.45, 7) is 1.90. The maximum Gasteiger partial charge on any atom is 0.334 e. The maximum absolute atomic E-state index is 11.5. The van der Waals surface area contributed by atoms with Crippen molar-refractivity contribution in [2.75, 3.05) is 0 Å². The van der Waals surface area contributed by atoms with Crippen LogP contribution >= 0.6 is 0 Å². The number of carbonyl (C=O) groups is 1. The SMILES string of the molecule is C/C=C1/C(=O)OC2Cc3ccccc3C12. The topological polar surface area (TPSA) is 26.3 Å². The zero-order valence-electron chi connectivity index (χ0n) is 8.57. The summed E-state index contributed by atoms with van der Waals surface area (Å²) in [4.78, 5) is 11.5. The van der Waals surface area contributed by atoms with E-state index in [0.29, 0.717) is 0 Å². The molecule has 0 aromatic heterocycles. The molecule has 0 bridgehead atoms. The molecule has 0 N–H and O–H groups in total. The first-order chi connectivity index (χ1) is 7.31. The molecule has 0 spiro atoms. The Balaban J connectivity index is 2.13. The lowest BCUT2D eigenvalue weighted by Crippen LogP contribution is -2.09. The third kappa shape index (κ3) is 1.08. The fourth-order valence-corrected chi connectivity index (χ4v) is 2.67. The lowest BCUT2D eigenvalue weighted by Gasteiger charge is -2.07. The van der Waals surface area contributed by atoms with Gasteiger partial charge in [-0.2, -0.15) is 0 Å². The number of benzene rings is 1. The monoisotopic (exact) mass is 200 g/mol. The van der Waals surface area contributed by atoms with Gasteiger partial charge in [0, 0.05) is 12.0 Å². The van der Waals surface area contributed by atoms with Crippen LogP contribution in [-0.2, 0) is 16.0 Å². The number of hydrogen-bond donors (Lipinski definition) is 0. The third-order valence-corrected chi connectivity index (χ3v) is 3.32. The number of carbonyl (C=O) groups excluding carboxylic acids is 1. The molecule has 1 aliphatic heterocycles. The van der Waals surface area contributed by atoms with Crippen molar-refractivity contribution >= 4 is 5.97 Å². The number of fused-ring (bicyclic) bond motifs is 3. The van der Waals surface area contributed by atoms with Crippen LogP contribution in [-0.4, -0.2) is 12.1 Å². The van der Waals surface area contributed by atoms with Gasteiger partial charge in [0.1, 0.15) is 6.10 Å². The van der Waals surface area contributed by atoms with Crippen molar-refractivity contribution in [3.05, 3.63) is 47.0 Å². The molecule has 1 saturated heterocycles. The molecule has 1 aliphatic carbocycles. The molecule has 0 saturated carbocycles. The Morgan fingerprint density at radius 2 is 2.20 bits per heavy atom. The minimum atomic E-state index is -0.137. The van der Waals surface area contributed by atoms with Gasteiger partial charge in [-0.3, -0.25) is 0 Å². The van der Waals surface area contributed by atoms with Gasteiger partial charge in [-0.25, -0.2) is 4.79 Å². The predicted octanol–water partition coefficient (Wildman–Crippen LogP) is 2.20. The molecule has 1 aromatic rings. The Bertz CT molecular complexity index is 459. The van der Waals surface area contributed by atoms with Gasteiger partial charge in [-0.15, -0.1) is 0 Å². The number of ether oxygens (including phenoxy) is 1. The van der Waals surface area contributed by atoms with Gasteiger partial charge < -0.3 is 4.74 Å². The number of rotatable bonds is 0. The van der Waals surface area contributed by atoms with E-state index < -0.39 is 0 Å². The summed E-state index contributed by atoms with van der Waals surface area (Å²) < 4.78 is 5.36. The minimum Gasteiger partial charge on any atom is -0.458 e. The fourth-order valence-electron chi connectivity index (χ4n) is 2.67. The number of esters is 1. The van der Waals surface area contributed by atoms with Gasteiger partial charge in [-0.1, -0.05) is 30.3 Å². The molecule has 1 fully saturated rings. The van der Waals surface area contributed by atoms with Gasteiger partial charge in [-0.05, 0) is 18.1 Å². The first-order valence-electron chi connectivity index (χ1n) is 5.26. The lowest BCUT2D eigenvalue weighted by atomic mass is 9.93. The van der Waals surface area contributed by atoms with Gasteiger partial charge in [0.15, 0.2) is 0 Å². The molecule has 2 atom stereocenters. The quantitative estimate of drug-likeness (QED) is 0.474. The van der Waals surface area contributed by atoms with Crippen LogP contribution in [0.2, 0.25) is 0 Å². The van der Waals surface area contributed by atoms with Gasteiger partial charge in [0.25, 0.3) is 0 Å². The van der Waals surface area contributed by atoms with Crippen molar-refractivity contribution in [1.29, 1.82) is 0 Å². The lowest BCUT2D eigenvalue weighted by molar-refractivity contribution is -0.138. The smallest absolute Gasteiger partial charge is 0.334 e. The molecule has 2 heteroatoms. The molecule has 2 aliphatic rings. The van der Waals surface area contributed by atoms with E-state index in [1.807, 2.05) is 25.1 Å². The Kier molecular flexibility index (Phi) is 1.72. The predicted molar refractivity (Wildman–Crippen MR) is 56.5 cm³/mol. The van der Waals surface area contributed by atoms with Gasteiger partial charge >= 0.3 is 5.97 Å². The van der Waals surface area contributed by atoms with Crippen LogP contribution < -0.4 is 0 Å². The van der Waals surface area contributed by atoms with Gasteiger partial charge in [0.05, 0.1) is 5.92 Å². The largest absolute Gasteiger partial charge is 0.458 e. The van der Waals surface area contributed by atoms with Crippen LogP contribution in [0.1, 0.15) is 24.0 Å². The van der Waals surface area contributed by atoms with Crippen LogP contribution in [0.5, 0.6) is 0 Å². The van der Waals surface area contributed by atoms with E-state index in [1.54, 1.807) is 0 Å². The maximum atomic E-state index is 11.5. The highest BCUT2D eigenvalue weighted by atomic mass is 16.6. The average Bonchev–Trinajstić information content (AvgIpc) is 2.72. The molecule has 1 heterocycles. The van der Waals surface area contributed by atoms with Gasteiger partial charge in [0.2, 0.25) is 0 Å². The molecule has 0 amide bonds. The summed E-state index contributed by atoms with van der Waals surface area (Å²) in [5.74, 6) is 0.0423. The van der Waals surface area contributed by atoms with Crippen molar-refractivity contribution in [1.82, 2.24) is 0 Å². The molecule has 3 rings (SSSR count). The summed E-state index contributed by atoms with van der Waals surface area (Å²) in [6.07, 6.45) is 2.79. The molecule has 2 nitrogen and oxygen atoms in total. The Morgan fingerprint density at radius 1 is 1.40 bits per heavy atom. The first-order valence-corrected chi connectivity index (χ1v) is 5.26. The van der Waals surface area contributed by atoms with E-state index in [1.165, 1.54) is 11.1 Å². The van der Waals surface area contributed by atoms with E-state index in [2.05, 4.69) is 12.1 Å². The first kappa shape index (κ1) is 8.72. The normalized spacial score (nSPS) is 30.2. The van der Waals surface area contributed by atoms with Crippen LogP contribution in [0.25, 0.3) is 0 Å². The summed E-state index contributed by atoms with van der Waals surface area (Å²) in [5, 5.41) is 0. The standard InChI is InChI=1S/C13H12O2/c1-2-9-12-10-6-4-3-5-8(10)7-11(12)15-13(9)14/h2-6,11-12H,7H2,1H3/b9-2+. The molecular formula is C13H12O2. The van der Waals surface area contributed by atoms with E-state index >= 15 is 0 Å². The van der Waals surface area contributed by atoms with Crippen LogP contribution in [0.3, 0.4) is 0 Å². The average molecular weight is 200 g/mol. The van der Waals surface area contributed by atoms with E-state index in [9.17, 15) is 4.79 Å². The second-order valence-corrected chi connectivity index (χ2v) is 4.07. The van der Waals surface area contributed by atoms with Crippen LogP contribution in [0.4, 0.5) is 0 Å². The second-order valence-electron chi connectivity index (χ2n) is 4.07. The molecule has 2 unspecified atom stereocenters. The molecule has 76 valence electrons. The highest BCUT2D eigenvalue weighted by Gasteiger charge is 2.45. The molecular weight excluding hydrogens is 188 g/mol. The molecule has 1 aromatic carbocycles. The molecule has 15 heavy (non-hydrogen) atoms. The van der Waals surface area contributed by atoms with Crippen molar-refractivity contribution in [3.63, 3.8) is 0 Å². The number of hydrogen-bond acceptors (Lipinski definition) is 2. The Morgan fingerprint density at radius 3 is 3.00 bits per heavy atom.